The predicted octanol–water partition coefficient (Wildman–Crippen LogP) is 0.151. The van der Waals surface area contributed by atoms with Crippen molar-refractivity contribution >= 4 is 17.7 Å². The maximum Gasteiger partial charge on any atom is 0.239 e. The van der Waals surface area contributed by atoms with Crippen LogP contribution in [0.2, 0.25) is 0 Å². The summed E-state index contributed by atoms with van der Waals surface area (Å²) < 4.78 is 0. The van der Waals surface area contributed by atoms with E-state index < -0.39 is 0 Å². The molecule has 1 saturated carbocycles. The first-order chi connectivity index (χ1) is 8.69. The molecule has 1 aromatic rings. The Bertz CT molecular complexity index is 432. The van der Waals surface area contributed by atoms with Crippen molar-refractivity contribution in [3.8, 4) is 0 Å². The number of nitrogen functional groups attached to an aromatic ring is 1. The average Bonchev–Trinajstić information content (AvgIpc) is 3.15. The van der Waals surface area contributed by atoms with Gasteiger partial charge in [-0.15, -0.1) is 0 Å². The van der Waals surface area contributed by atoms with Gasteiger partial charge in [0.15, 0.2) is 0 Å². The molecule has 5 N–H and O–H groups in total. The molecule has 1 aliphatic rings. The minimum atomic E-state index is 0.0777. The summed E-state index contributed by atoms with van der Waals surface area (Å²) in [5, 5.41) is 6.04. The molecule has 0 atom stereocenters. The molecule has 7 heteroatoms. The van der Waals surface area contributed by atoms with Gasteiger partial charge in [0, 0.05) is 30.8 Å². The van der Waals surface area contributed by atoms with E-state index in [1.54, 1.807) is 6.20 Å². The van der Waals surface area contributed by atoms with Gasteiger partial charge in [-0.3, -0.25) is 10.2 Å². The van der Waals surface area contributed by atoms with Crippen molar-refractivity contribution in [2.24, 2.45) is 5.84 Å². The maximum absolute atomic E-state index is 11.5. The highest BCUT2D eigenvalue weighted by Gasteiger charge is 2.22. The Morgan fingerprint density at radius 2 is 2.33 bits per heavy atom. The molecular formula is C11H18N6O. The number of anilines is 2. The number of carbonyl (C=O) groups excluding carboxylic acids is 1. The van der Waals surface area contributed by atoms with Crippen molar-refractivity contribution < 1.29 is 4.79 Å². The Kier molecular flexibility index (Phi) is 3.93. The molecule has 0 unspecified atom stereocenters. The molecular weight excluding hydrogens is 232 g/mol. The third-order valence-corrected chi connectivity index (χ3v) is 2.69. The Morgan fingerprint density at radius 3 is 3.00 bits per heavy atom. The second-order valence-electron chi connectivity index (χ2n) is 4.39. The molecule has 0 aliphatic heterocycles. The molecule has 1 fully saturated rings. The van der Waals surface area contributed by atoms with E-state index in [1.165, 1.54) is 0 Å². The zero-order chi connectivity index (χ0) is 13.0. The standard InChI is InChI=1S/C11H18N6O/c1-7-6-14-11(17-12)16-10(7)13-5-4-9(18)15-8-2-3-8/h6,8H,2-5,12H2,1H3,(H,15,18)(H2,13,14,16,17). The number of hydrogen-bond donors (Lipinski definition) is 4. The number of hydrazine groups is 1. The summed E-state index contributed by atoms with van der Waals surface area (Å²) in [5.41, 5.74) is 3.30. The minimum Gasteiger partial charge on any atom is -0.369 e. The van der Waals surface area contributed by atoms with Gasteiger partial charge >= 0.3 is 0 Å². The van der Waals surface area contributed by atoms with Gasteiger partial charge in [0.05, 0.1) is 0 Å². The molecule has 0 saturated heterocycles. The molecule has 0 aromatic carbocycles. The summed E-state index contributed by atoms with van der Waals surface area (Å²) in [5.74, 6) is 6.36. The molecule has 0 radical (unpaired) electrons. The molecule has 1 heterocycles. The smallest absolute Gasteiger partial charge is 0.239 e. The van der Waals surface area contributed by atoms with Gasteiger partial charge in [-0.05, 0) is 19.8 Å². The van der Waals surface area contributed by atoms with Crippen LogP contribution >= 0.6 is 0 Å². The number of rotatable bonds is 6. The van der Waals surface area contributed by atoms with E-state index in [0.717, 1.165) is 18.4 Å². The summed E-state index contributed by atoms with van der Waals surface area (Å²) in [4.78, 5) is 19.6. The van der Waals surface area contributed by atoms with E-state index in [0.29, 0.717) is 30.8 Å². The average molecular weight is 250 g/mol. The Morgan fingerprint density at radius 1 is 1.56 bits per heavy atom. The highest BCUT2D eigenvalue weighted by atomic mass is 16.1. The van der Waals surface area contributed by atoms with E-state index in [-0.39, 0.29) is 5.91 Å². The molecule has 2 rings (SSSR count). The van der Waals surface area contributed by atoms with E-state index in [1.807, 2.05) is 6.92 Å². The highest BCUT2D eigenvalue weighted by molar-refractivity contribution is 5.77. The third kappa shape index (κ3) is 3.56. The molecule has 1 aromatic heterocycles. The summed E-state index contributed by atoms with van der Waals surface area (Å²) in [6.45, 7) is 2.44. The predicted molar refractivity (Wildman–Crippen MR) is 68.9 cm³/mol. The van der Waals surface area contributed by atoms with Crippen LogP contribution in [0.1, 0.15) is 24.8 Å². The van der Waals surface area contributed by atoms with Crippen molar-refractivity contribution in [3.05, 3.63) is 11.8 Å². The van der Waals surface area contributed by atoms with Crippen molar-refractivity contribution in [1.82, 2.24) is 15.3 Å². The first kappa shape index (κ1) is 12.6. The molecule has 0 spiro atoms. The van der Waals surface area contributed by atoms with Crippen LogP contribution in [0.15, 0.2) is 6.20 Å². The topological polar surface area (TPSA) is 105 Å². The molecule has 7 nitrogen and oxygen atoms in total. The summed E-state index contributed by atoms with van der Waals surface area (Å²) in [7, 11) is 0. The van der Waals surface area contributed by atoms with Crippen LogP contribution in [0.25, 0.3) is 0 Å². The van der Waals surface area contributed by atoms with Gasteiger partial charge in [0.1, 0.15) is 5.82 Å². The SMILES string of the molecule is Cc1cnc(NN)nc1NCCC(=O)NC1CC1. The third-order valence-electron chi connectivity index (χ3n) is 2.69. The number of carbonyl (C=O) groups is 1. The summed E-state index contributed by atoms with van der Waals surface area (Å²) in [6, 6.07) is 0.409. The van der Waals surface area contributed by atoms with E-state index >= 15 is 0 Å². The lowest BCUT2D eigenvalue weighted by Crippen LogP contribution is -2.27. The lowest BCUT2D eigenvalue weighted by molar-refractivity contribution is -0.120. The monoisotopic (exact) mass is 250 g/mol. The van der Waals surface area contributed by atoms with Crippen molar-refractivity contribution in [3.63, 3.8) is 0 Å². The van der Waals surface area contributed by atoms with Crippen molar-refractivity contribution in [1.29, 1.82) is 0 Å². The van der Waals surface area contributed by atoms with Crippen molar-refractivity contribution in [2.75, 3.05) is 17.3 Å². The number of amides is 1. The Hall–Kier alpha value is -1.89. The molecule has 18 heavy (non-hydrogen) atoms. The fourth-order valence-electron chi connectivity index (χ4n) is 1.51. The van der Waals surface area contributed by atoms with Crippen LogP contribution in [0.5, 0.6) is 0 Å². The fraction of sp³-hybridized carbons (Fsp3) is 0.545. The number of hydrogen-bond acceptors (Lipinski definition) is 6. The van der Waals surface area contributed by atoms with Gasteiger partial charge < -0.3 is 10.6 Å². The molecule has 0 bridgehead atoms. The van der Waals surface area contributed by atoms with Gasteiger partial charge in [0.25, 0.3) is 0 Å². The second kappa shape index (κ2) is 5.63. The van der Waals surface area contributed by atoms with E-state index in [2.05, 4.69) is 26.0 Å². The number of aromatic nitrogens is 2. The number of nitrogens with two attached hydrogens (primary N) is 1. The molecule has 98 valence electrons. The largest absolute Gasteiger partial charge is 0.369 e. The summed E-state index contributed by atoms with van der Waals surface area (Å²) in [6.07, 6.45) is 4.32. The van der Waals surface area contributed by atoms with Crippen LogP contribution < -0.4 is 21.9 Å². The highest BCUT2D eigenvalue weighted by Crippen LogP contribution is 2.18. The van der Waals surface area contributed by atoms with Crippen LogP contribution in [-0.2, 0) is 4.79 Å². The zero-order valence-corrected chi connectivity index (χ0v) is 10.4. The van der Waals surface area contributed by atoms with Crippen LogP contribution in [-0.4, -0.2) is 28.5 Å². The lowest BCUT2D eigenvalue weighted by atomic mass is 10.3. The zero-order valence-electron chi connectivity index (χ0n) is 10.4. The van der Waals surface area contributed by atoms with Gasteiger partial charge in [0.2, 0.25) is 11.9 Å². The van der Waals surface area contributed by atoms with Gasteiger partial charge in [-0.1, -0.05) is 0 Å². The van der Waals surface area contributed by atoms with Crippen LogP contribution in [0, 0.1) is 6.92 Å². The number of aryl methyl sites for hydroxylation is 1. The summed E-state index contributed by atoms with van der Waals surface area (Å²) >= 11 is 0. The van der Waals surface area contributed by atoms with Crippen LogP contribution in [0.3, 0.4) is 0 Å². The Balaban J connectivity index is 1.79. The lowest BCUT2D eigenvalue weighted by Gasteiger charge is -2.09. The van der Waals surface area contributed by atoms with Crippen LogP contribution in [0.4, 0.5) is 11.8 Å². The quantitative estimate of drug-likeness (QED) is 0.423. The Labute approximate surface area is 106 Å². The normalized spacial score (nSPS) is 14.1. The van der Waals surface area contributed by atoms with Gasteiger partial charge in [-0.2, -0.15) is 4.98 Å². The molecule has 1 aliphatic carbocycles. The molecule has 1 amide bonds. The van der Waals surface area contributed by atoms with E-state index in [4.69, 9.17) is 5.84 Å². The van der Waals surface area contributed by atoms with Gasteiger partial charge in [-0.25, -0.2) is 10.8 Å². The first-order valence-electron chi connectivity index (χ1n) is 6.02. The second-order valence-corrected chi connectivity index (χ2v) is 4.39. The van der Waals surface area contributed by atoms with Crippen molar-refractivity contribution in [2.45, 2.75) is 32.2 Å². The maximum atomic E-state index is 11.5. The number of nitrogens with one attached hydrogen (secondary N) is 3. The minimum absolute atomic E-state index is 0.0777. The van der Waals surface area contributed by atoms with E-state index in [9.17, 15) is 4.79 Å². The first-order valence-corrected chi connectivity index (χ1v) is 6.02. The number of nitrogens with zero attached hydrogens (tertiary/aromatic N) is 2. The fourth-order valence-corrected chi connectivity index (χ4v) is 1.51.